The Balaban J connectivity index is 1.40. The number of carbonyl (C=O) groups excluding carboxylic acids is 2. The molecule has 0 N–H and O–H groups in total. The Labute approximate surface area is 175 Å². The molecule has 0 aliphatic carbocycles. The van der Waals surface area contributed by atoms with Crippen molar-refractivity contribution in [3.05, 3.63) is 71.3 Å². The highest BCUT2D eigenvalue weighted by atomic mass is 16.1. The van der Waals surface area contributed by atoms with E-state index in [0.29, 0.717) is 6.42 Å². The maximum absolute atomic E-state index is 12.6. The number of Topliss-reactive ketones (excluding diaryl/α,β-unsaturated/α-hetero) is 2. The van der Waals surface area contributed by atoms with Crippen LogP contribution >= 0.6 is 0 Å². The van der Waals surface area contributed by atoms with Crippen LogP contribution in [-0.4, -0.2) is 36.1 Å². The quantitative estimate of drug-likeness (QED) is 0.581. The van der Waals surface area contributed by atoms with Crippen LogP contribution in [0.5, 0.6) is 0 Å². The van der Waals surface area contributed by atoms with Crippen LogP contribution in [0.3, 0.4) is 0 Å². The molecule has 0 saturated carbocycles. The third kappa shape index (κ3) is 5.86. The molecule has 2 aromatic rings. The first-order valence-corrected chi connectivity index (χ1v) is 10.8. The minimum Gasteiger partial charge on any atom is -0.303 e. The number of piperidine rings is 1. The molecule has 1 aliphatic rings. The fraction of sp³-hybridized carbons (Fsp3) is 0.462. The van der Waals surface area contributed by atoms with Crippen molar-refractivity contribution in [2.75, 3.05) is 19.6 Å². The van der Waals surface area contributed by atoms with Gasteiger partial charge in [-0.2, -0.15) is 0 Å². The van der Waals surface area contributed by atoms with Gasteiger partial charge in [-0.15, -0.1) is 0 Å². The molecular formula is C26H33NO2. The van der Waals surface area contributed by atoms with Gasteiger partial charge in [-0.25, -0.2) is 0 Å². The van der Waals surface area contributed by atoms with Gasteiger partial charge in [-0.1, -0.05) is 75.4 Å². The molecular weight excluding hydrogens is 358 g/mol. The third-order valence-corrected chi connectivity index (χ3v) is 5.97. The fourth-order valence-electron chi connectivity index (χ4n) is 4.02. The minimum absolute atomic E-state index is 0.107. The van der Waals surface area contributed by atoms with E-state index in [9.17, 15) is 9.59 Å². The number of ketones is 2. The fourth-order valence-corrected chi connectivity index (χ4v) is 4.02. The molecule has 0 aromatic heterocycles. The first-order valence-electron chi connectivity index (χ1n) is 10.8. The Bertz CT molecular complexity index is 810. The second-order valence-electron chi connectivity index (χ2n) is 9.20. The Morgan fingerprint density at radius 3 is 2.10 bits per heavy atom. The summed E-state index contributed by atoms with van der Waals surface area (Å²) in [6.07, 6.45) is 3.28. The van der Waals surface area contributed by atoms with Crippen molar-refractivity contribution in [2.24, 2.45) is 5.92 Å². The van der Waals surface area contributed by atoms with Crippen LogP contribution < -0.4 is 0 Å². The summed E-state index contributed by atoms with van der Waals surface area (Å²) in [4.78, 5) is 27.5. The van der Waals surface area contributed by atoms with E-state index in [1.54, 1.807) is 0 Å². The van der Waals surface area contributed by atoms with E-state index >= 15 is 0 Å². The Kier molecular flexibility index (Phi) is 7.02. The normalized spacial score (nSPS) is 16.0. The topological polar surface area (TPSA) is 37.4 Å². The summed E-state index contributed by atoms with van der Waals surface area (Å²) in [5.41, 5.74) is 3.00. The molecule has 3 rings (SSSR count). The third-order valence-electron chi connectivity index (χ3n) is 5.97. The van der Waals surface area contributed by atoms with Crippen molar-refractivity contribution in [1.82, 2.24) is 4.90 Å². The highest BCUT2D eigenvalue weighted by Gasteiger charge is 2.25. The molecule has 1 fully saturated rings. The van der Waals surface area contributed by atoms with E-state index in [-0.39, 0.29) is 22.9 Å². The van der Waals surface area contributed by atoms with Gasteiger partial charge in [0.05, 0.1) is 0 Å². The van der Waals surface area contributed by atoms with Crippen molar-refractivity contribution in [1.29, 1.82) is 0 Å². The summed E-state index contributed by atoms with van der Waals surface area (Å²) >= 11 is 0. The maximum atomic E-state index is 12.6. The Morgan fingerprint density at radius 1 is 0.897 bits per heavy atom. The van der Waals surface area contributed by atoms with E-state index < -0.39 is 0 Å². The lowest BCUT2D eigenvalue weighted by Crippen LogP contribution is -2.37. The predicted molar refractivity (Wildman–Crippen MR) is 119 cm³/mol. The van der Waals surface area contributed by atoms with Crippen LogP contribution in [0.25, 0.3) is 0 Å². The van der Waals surface area contributed by atoms with Crippen LogP contribution in [0, 0.1) is 5.92 Å². The monoisotopic (exact) mass is 391 g/mol. The van der Waals surface area contributed by atoms with Gasteiger partial charge in [0.25, 0.3) is 0 Å². The lowest BCUT2D eigenvalue weighted by Gasteiger charge is -2.31. The Hall–Kier alpha value is -2.26. The summed E-state index contributed by atoms with van der Waals surface area (Å²) in [5.74, 6) is 0.635. The van der Waals surface area contributed by atoms with Crippen LogP contribution in [0.4, 0.5) is 0 Å². The number of hydrogen-bond acceptors (Lipinski definition) is 3. The average molecular weight is 392 g/mol. The molecule has 154 valence electrons. The molecule has 0 spiro atoms. The van der Waals surface area contributed by atoms with Gasteiger partial charge in [-0.05, 0) is 49.9 Å². The van der Waals surface area contributed by atoms with Crippen LogP contribution in [-0.2, 0) is 5.41 Å². The van der Waals surface area contributed by atoms with Crippen molar-refractivity contribution < 1.29 is 9.59 Å². The predicted octanol–water partition coefficient (Wildman–Crippen LogP) is 5.54. The van der Waals surface area contributed by atoms with Crippen molar-refractivity contribution in [3.63, 3.8) is 0 Å². The second-order valence-corrected chi connectivity index (χ2v) is 9.20. The number of carbonyl (C=O) groups is 2. The molecule has 3 heteroatoms. The van der Waals surface area contributed by atoms with Gasteiger partial charge in [0.2, 0.25) is 0 Å². The van der Waals surface area contributed by atoms with Gasteiger partial charge in [0, 0.05) is 23.5 Å². The van der Waals surface area contributed by atoms with Crippen molar-refractivity contribution >= 4 is 11.6 Å². The molecule has 0 radical (unpaired) electrons. The summed E-state index contributed by atoms with van der Waals surface area (Å²) in [5, 5.41) is 0. The molecule has 0 atom stereocenters. The van der Waals surface area contributed by atoms with Crippen molar-refractivity contribution in [3.8, 4) is 0 Å². The minimum atomic E-state index is 0.107. The van der Waals surface area contributed by atoms with Gasteiger partial charge in [0.15, 0.2) is 11.6 Å². The molecule has 1 saturated heterocycles. The van der Waals surface area contributed by atoms with E-state index in [1.165, 1.54) is 5.56 Å². The molecule has 1 aliphatic heterocycles. The molecule has 0 unspecified atom stereocenters. The Morgan fingerprint density at radius 2 is 1.52 bits per heavy atom. The standard InChI is InChI=1S/C26H33NO2/c1-26(2,3)23-13-11-20(12-14-23)24(28)10-7-17-27-18-15-22(16-19-27)25(29)21-8-5-4-6-9-21/h4-6,8-9,11-14,22H,7,10,15-19H2,1-3H3. The number of rotatable bonds is 7. The maximum Gasteiger partial charge on any atom is 0.166 e. The summed E-state index contributed by atoms with van der Waals surface area (Å²) in [6, 6.07) is 17.7. The molecule has 29 heavy (non-hydrogen) atoms. The van der Waals surface area contributed by atoms with Crippen LogP contribution in [0.15, 0.2) is 54.6 Å². The van der Waals surface area contributed by atoms with Crippen LogP contribution in [0.1, 0.15) is 72.7 Å². The highest BCUT2D eigenvalue weighted by Crippen LogP contribution is 2.24. The average Bonchev–Trinajstić information content (AvgIpc) is 2.74. The highest BCUT2D eigenvalue weighted by molar-refractivity contribution is 5.98. The van der Waals surface area contributed by atoms with Gasteiger partial charge >= 0.3 is 0 Å². The summed E-state index contributed by atoms with van der Waals surface area (Å²) < 4.78 is 0. The number of benzene rings is 2. The largest absolute Gasteiger partial charge is 0.303 e. The molecule has 1 heterocycles. The van der Waals surface area contributed by atoms with Crippen LogP contribution in [0.2, 0.25) is 0 Å². The first kappa shape index (κ1) is 21.4. The zero-order chi connectivity index (χ0) is 20.9. The number of hydrogen-bond donors (Lipinski definition) is 0. The first-order chi connectivity index (χ1) is 13.8. The summed E-state index contributed by atoms with van der Waals surface area (Å²) in [6.45, 7) is 9.36. The molecule has 0 amide bonds. The second kappa shape index (κ2) is 9.49. The SMILES string of the molecule is CC(C)(C)c1ccc(C(=O)CCCN2CCC(C(=O)c3ccccc3)CC2)cc1. The zero-order valence-corrected chi connectivity index (χ0v) is 18.0. The van der Waals surface area contributed by atoms with E-state index in [4.69, 9.17) is 0 Å². The van der Waals surface area contributed by atoms with Gasteiger partial charge < -0.3 is 4.90 Å². The summed E-state index contributed by atoms with van der Waals surface area (Å²) in [7, 11) is 0. The smallest absolute Gasteiger partial charge is 0.166 e. The van der Waals surface area contributed by atoms with Gasteiger partial charge in [0.1, 0.15) is 0 Å². The number of nitrogens with zero attached hydrogens (tertiary/aromatic N) is 1. The van der Waals surface area contributed by atoms with Gasteiger partial charge in [-0.3, -0.25) is 9.59 Å². The molecule has 3 nitrogen and oxygen atoms in total. The zero-order valence-electron chi connectivity index (χ0n) is 18.0. The van der Waals surface area contributed by atoms with E-state index in [2.05, 4.69) is 37.8 Å². The van der Waals surface area contributed by atoms with E-state index in [1.807, 2.05) is 42.5 Å². The van der Waals surface area contributed by atoms with E-state index in [0.717, 1.165) is 50.0 Å². The molecule has 2 aromatic carbocycles. The van der Waals surface area contributed by atoms with Crippen molar-refractivity contribution in [2.45, 2.75) is 51.9 Å². The lowest BCUT2D eigenvalue weighted by atomic mass is 9.86. The molecule has 0 bridgehead atoms. The lowest BCUT2D eigenvalue weighted by molar-refractivity contribution is 0.0837. The number of likely N-dealkylation sites (tertiary alicyclic amines) is 1.